The Labute approximate surface area is 193 Å². The summed E-state index contributed by atoms with van der Waals surface area (Å²) in [6.07, 6.45) is 0. The lowest BCUT2D eigenvalue weighted by Crippen LogP contribution is -2.11. The van der Waals surface area contributed by atoms with E-state index in [2.05, 4.69) is 0 Å². The largest absolute Gasteiger partial charge is 0.493 e. The molecule has 2 rings (SSSR count). The predicted octanol–water partition coefficient (Wildman–Crippen LogP) is 2.96. The first-order chi connectivity index (χ1) is 15.6. The molecule has 0 saturated carbocycles. The molecule has 0 aliphatic heterocycles. The minimum Gasteiger partial charge on any atom is -0.493 e. The molecule has 11 nitrogen and oxygen atoms in total. The van der Waals surface area contributed by atoms with Crippen molar-refractivity contribution in [2.24, 2.45) is 0 Å². The van der Waals surface area contributed by atoms with Gasteiger partial charge < -0.3 is 23.7 Å². The molecule has 2 aromatic carbocycles. The average molecular weight is 507 g/mol. The molecule has 0 fully saturated rings. The Morgan fingerprint density at radius 1 is 0.545 bits per heavy atom. The van der Waals surface area contributed by atoms with Crippen LogP contribution in [0.25, 0.3) is 0 Å². The molecule has 0 bridgehead atoms. The first kappa shape index (κ1) is 26.5. The molecule has 0 atom stereocenters. The molecule has 2 aromatic rings. The van der Waals surface area contributed by atoms with Crippen LogP contribution < -0.4 is 23.7 Å². The highest BCUT2D eigenvalue weighted by Crippen LogP contribution is 2.44. The number of hydrogen-bond donors (Lipinski definition) is 0. The average Bonchev–Trinajstić information content (AvgIpc) is 2.77. The van der Waals surface area contributed by atoms with Crippen molar-refractivity contribution >= 4 is 20.2 Å². The molecule has 184 valence electrons. The van der Waals surface area contributed by atoms with E-state index >= 15 is 0 Å². The molecule has 0 spiro atoms. The van der Waals surface area contributed by atoms with Gasteiger partial charge in [0.25, 0.3) is 0 Å². The van der Waals surface area contributed by atoms with Gasteiger partial charge >= 0.3 is 20.2 Å². The minimum atomic E-state index is -4.30. The van der Waals surface area contributed by atoms with Gasteiger partial charge in [-0.1, -0.05) is 0 Å². The monoisotopic (exact) mass is 506 g/mol. The Bertz CT molecular complexity index is 1100. The van der Waals surface area contributed by atoms with Gasteiger partial charge in [-0.2, -0.15) is 16.8 Å². The normalized spacial score (nSPS) is 11.7. The topological polar surface area (TPSA) is 133 Å². The van der Waals surface area contributed by atoms with Crippen LogP contribution in [0.5, 0.6) is 34.5 Å². The van der Waals surface area contributed by atoms with E-state index < -0.39 is 30.0 Å². The summed E-state index contributed by atoms with van der Waals surface area (Å²) in [7, 11) is -3.25. The van der Waals surface area contributed by atoms with E-state index in [4.69, 9.17) is 32.1 Å². The molecule has 0 radical (unpaired) electrons. The third kappa shape index (κ3) is 5.79. The number of rotatable bonds is 12. The molecule has 0 aromatic heterocycles. The van der Waals surface area contributed by atoms with E-state index in [9.17, 15) is 16.8 Å². The molecule has 13 heteroatoms. The molecule has 0 aliphatic carbocycles. The maximum atomic E-state index is 12.7. The van der Waals surface area contributed by atoms with E-state index in [1.165, 1.54) is 54.4 Å². The number of hydrogen-bond acceptors (Lipinski definition) is 11. The standard InChI is InChI=1S/C20H26O11S2/c1-7-29-32(21,22)19-11-15(27-5)13(25-3)9-17(19)31-18-10-14(26-4)16(28-6)12-20(18)33(23,24)30-8-2/h9-12H,7-8H2,1-6H3. The summed E-state index contributed by atoms with van der Waals surface area (Å²) in [6.45, 7) is 2.72. The zero-order valence-electron chi connectivity index (χ0n) is 19.0. The smallest absolute Gasteiger partial charge is 0.300 e. The lowest BCUT2D eigenvalue weighted by molar-refractivity contribution is 0.325. The molecule has 0 aliphatic rings. The fourth-order valence-corrected chi connectivity index (χ4v) is 4.86. The van der Waals surface area contributed by atoms with Gasteiger partial charge in [-0.25, -0.2) is 0 Å². The van der Waals surface area contributed by atoms with Gasteiger partial charge in [-0.3, -0.25) is 8.37 Å². The van der Waals surface area contributed by atoms with Gasteiger partial charge in [0, 0.05) is 24.3 Å². The Balaban J connectivity index is 2.83. The summed E-state index contributed by atoms with van der Waals surface area (Å²) >= 11 is 0. The van der Waals surface area contributed by atoms with Crippen LogP contribution in [0.1, 0.15) is 13.8 Å². The predicted molar refractivity (Wildman–Crippen MR) is 117 cm³/mol. The van der Waals surface area contributed by atoms with Crippen LogP contribution in [0, 0.1) is 0 Å². The van der Waals surface area contributed by atoms with Gasteiger partial charge in [0.05, 0.1) is 41.7 Å². The van der Waals surface area contributed by atoms with Gasteiger partial charge in [0.15, 0.2) is 34.5 Å². The number of ether oxygens (including phenoxy) is 5. The van der Waals surface area contributed by atoms with E-state index in [-0.39, 0.29) is 47.7 Å². The van der Waals surface area contributed by atoms with Crippen LogP contribution in [0.15, 0.2) is 34.1 Å². The molecule has 0 unspecified atom stereocenters. The zero-order chi connectivity index (χ0) is 24.8. The summed E-state index contributed by atoms with van der Waals surface area (Å²) < 4.78 is 87.3. The second-order valence-electron chi connectivity index (χ2n) is 6.13. The quantitative estimate of drug-likeness (QED) is 0.393. The van der Waals surface area contributed by atoms with Crippen molar-refractivity contribution in [3.05, 3.63) is 24.3 Å². The Hall–Kier alpha value is -2.74. The van der Waals surface area contributed by atoms with E-state index in [0.717, 1.165) is 12.1 Å². The zero-order valence-corrected chi connectivity index (χ0v) is 20.7. The Morgan fingerprint density at radius 3 is 1.12 bits per heavy atom. The lowest BCUT2D eigenvalue weighted by atomic mass is 10.2. The summed E-state index contributed by atoms with van der Waals surface area (Å²) in [5.41, 5.74) is 0. The van der Waals surface area contributed by atoms with Crippen LogP contribution >= 0.6 is 0 Å². The van der Waals surface area contributed by atoms with Crippen molar-refractivity contribution in [2.75, 3.05) is 41.7 Å². The highest BCUT2D eigenvalue weighted by atomic mass is 32.2. The van der Waals surface area contributed by atoms with Crippen LogP contribution in [0.2, 0.25) is 0 Å². The van der Waals surface area contributed by atoms with E-state index in [1.54, 1.807) is 0 Å². The van der Waals surface area contributed by atoms with Crippen molar-refractivity contribution in [3.8, 4) is 34.5 Å². The van der Waals surface area contributed by atoms with Crippen molar-refractivity contribution in [1.82, 2.24) is 0 Å². The molecular weight excluding hydrogens is 480 g/mol. The second kappa shape index (κ2) is 10.9. The molecule has 0 N–H and O–H groups in total. The fourth-order valence-electron chi connectivity index (χ4n) is 2.79. The van der Waals surface area contributed by atoms with Gasteiger partial charge in [0.1, 0.15) is 9.79 Å². The van der Waals surface area contributed by atoms with Crippen LogP contribution in [0.3, 0.4) is 0 Å². The van der Waals surface area contributed by atoms with Crippen molar-refractivity contribution in [1.29, 1.82) is 0 Å². The maximum Gasteiger partial charge on any atom is 0.300 e. The third-order valence-corrected chi connectivity index (χ3v) is 7.01. The van der Waals surface area contributed by atoms with E-state index in [0.29, 0.717) is 0 Å². The first-order valence-corrected chi connectivity index (χ1v) is 12.4. The van der Waals surface area contributed by atoms with Crippen molar-refractivity contribution in [3.63, 3.8) is 0 Å². The molecule has 0 saturated heterocycles. The summed E-state index contributed by atoms with van der Waals surface area (Å²) in [6, 6.07) is 4.77. The summed E-state index contributed by atoms with van der Waals surface area (Å²) in [5, 5.41) is 0. The van der Waals surface area contributed by atoms with Crippen molar-refractivity contribution in [2.45, 2.75) is 23.6 Å². The lowest BCUT2D eigenvalue weighted by Gasteiger charge is -2.18. The number of benzene rings is 2. The Kier molecular flexibility index (Phi) is 8.77. The van der Waals surface area contributed by atoms with Crippen molar-refractivity contribution < 1.29 is 48.9 Å². The van der Waals surface area contributed by atoms with Gasteiger partial charge in [-0.05, 0) is 13.8 Å². The van der Waals surface area contributed by atoms with Crippen LogP contribution in [-0.4, -0.2) is 58.5 Å². The van der Waals surface area contributed by atoms with Crippen LogP contribution in [-0.2, 0) is 28.6 Å². The highest BCUT2D eigenvalue weighted by Gasteiger charge is 2.29. The maximum absolute atomic E-state index is 12.7. The van der Waals surface area contributed by atoms with Gasteiger partial charge in [-0.15, -0.1) is 0 Å². The van der Waals surface area contributed by atoms with Crippen LogP contribution in [0.4, 0.5) is 0 Å². The van der Waals surface area contributed by atoms with Gasteiger partial charge in [0.2, 0.25) is 0 Å². The molecular formula is C20H26O11S2. The minimum absolute atomic E-state index is 0.0950. The second-order valence-corrected chi connectivity index (χ2v) is 9.30. The first-order valence-electron chi connectivity index (χ1n) is 9.57. The number of methoxy groups -OCH3 is 4. The third-order valence-electron chi connectivity index (χ3n) is 4.20. The molecule has 0 heterocycles. The summed E-state index contributed by atoms with van der Waals surface area (Å²) in [5.74, 6) is -0.0898. The molecule has 33 heavy (non-hydrogen) atoms. The fraction of sp³-hybridized carbons (Fsp3) is 0.400. The summed E-state index contributed by atoms with van der Waals surface area (Å²) in [4.78, 5) is -0.812. The highest BCUT2D eigenvalue weighted by molar-refractivity contribution is 7.87. The Morgan fingerprint density at radius 2 is 0.848 bits per heavy atom. The van der Waals surface area contributed by atoms with E-state index in [1.807, 2.05) is 0 Å². The molecule has 0 amide bonds. The SMILES string of the molecule is CCOS(=O)(=O)c1cc(OC)c(OC)cc1Oc1cc(OC)c(OC)cc1S(=O)(=O)OCC.